The number of rotatable bonds is 3. The third-order valence-electron chi connectivity index (χ3n) is 2.94. The van der Waals surface area contributed by atoms with Crippen LogP contribution in [0.1, 0.15) is 11.1 Å². The molecule has 1 N–H and O–H groups in total. The van der Waals surface area contributed by atoms with E-state index in [9.17, 15) is 26.0 Å². The van der Waals surface area contributed by atoms with Gasteiger partial charge in [-0.05, 0) is 47.1 Å². The van der Waals surface area contributed by atoms with Gasteiger partial charge in [0.2, 0.25) is 0 Å². The predicted octanol–water partition coefficient (Wildman–Crippen LogP) is 4.72. The number of anilines is 1. The molecular formula is C14H10BrF4NO2S. The van der Waals surface area contributed by atoms with E-state index >= 15 is 0 Å². The summed E-state index contributed by atoms with van der Waals surface area (Å²) >= 11 is 2.85. The van der Waals surface area contributed by atoms with Gasteiger partial charge in [-0.3, -0.25) is 4.72 Å². The molecule has 0 spiro atoms. The van der Waals surface area contributed by atoms with Gasteiger partial charge in [0.15, 0.2) is 0 Å². The first-order valence-electron chi connectivity index (χ1n) is 6.16. The molecule has 0 aromatic heterocycles. The minimum atomic E-state index is -4.94. The molecule has 3 nitrogen and oxygen atoms in total. The van der Waals surface area contributed by atoms with Crippen molar-refractivity contribution in [2.45, 2.75) is 18.0 Å². The molecule has 0 aliphatic rings. The van der Waals surface area contributed by atoms with E-state index in [1.165, 1.54) is 12.1 Å². The van der Waals surface area contributed by atoms with E-state index < -0.39 is 33.3 Å². The predicted molar refractivity (Wildman–Crippen MR) is 81.1 cm³/mol. The Bertz CT molecular complexity index is 833. The lowest BCUT2D eigenvalue weighted by atomic mass is 10.2. The Morgan fingerprint density at radius 2 is 1.65 bits per heavy atom. The van der Waals surface area contributed by atoms with Crippen LogP contribution in [-0.2, 0) is 16.2 Å². The lowest BCUT2D eigenvalue weighted by Crippen LogP contribution is -2.15. The first kappa shape index (κ1) is 17.7. The summed E-state index contributed by atoms with van der Waals surface area (Å²) in [6, 6.07) is 6.71. The second-order valence-electron chi connectivity index (χ2n) is 4.73. The third-order valence-corrected chi connectivity index (χ3v) is 4.98. The van der Waals surface area contributed by atoms with Gasteiger partial charge in [0.1, 0.15) is 5.82 Å². The topological polar surface area (TPSA) is 46.2 Å². The molecule has 0 aliphatic carbocycles. The lowest BCUT2D eigenvalue weighted by Gasteiger charge is -2.14. The highest BCUT2D eigenvalue weighted by Crippen LogP contribution is 2.36. The largest absolute Gasteiger partial charge is 0.419 e. The highest BCUT2D eigenvalue weighted by molar-refractivity contribution is 9.10. The highest BCUT2D eigenvalue weighted by Gasteiger charge is 2.35. The average Bonchev–Trinajstić information content (AvgIpc) is 2.41. The van der Waals surface area contributed by atoms with E-state index in [1.54, 1.807) is 19.1 Å². The number of aryl methyl sites for hydroxylation is 1. The zero-order chi connectivity index (χ0) is 17.4. The second kappa shape index (κ2) is 6.12. The van der Waals surface area contributed by atoms with E-state index in [-0.39, 0.29) is 9.37 Å². The monoisotopic (exact) mass is 411 g/mol. The first-order chi connectivity index (χ1) is 10.5. The molecule has 0 radical (unpaired) electrons. The Balaban J connectivity index is 2.45. The van der Waals surface area contributed by atoms with Gasteiger partial charge in [-0.1, -0.05) is 17.7 Å². The first-order valence-corrected chi connectivity index (χ1v) is 8.44. The van der Waals surface area contributed by atoms with Crippen LogP contribution in [0, 0.1) is 12.7 Å². The molecule has 0 saturated heterocycles. The van der Waals surface area contributed by atoms with E-state index in [4.69, 9.17) is 0 Å². The van der Waals surface area contributed by atoms with Crippen LogP contribution in [-0.4, -0.2) is 8.42 Å². The number of benzene rings is 2. The number of alkyl halides is 3. The zero-order valence-electron chi connectivity index (χ0n) is 11.6. The van der Waals surface area contributed by atoms with Crippen molar-refractivity contribution in [2.75, 3.05) is 4.72 Å². The molecule has 9 heteroatoms. The van der Waals surface area contributed by atoms with Crippen LogP contribution in [0.25, 0.3) is 0 Å². The summed E-state index contributed by atoms with van der Waals surface area (Å²) in [5.74, 6) is -1.50. The SMILES string of the molecule is Cc1ccc(S(=O)(=O)Nc2cc(C(F)(F)F)c(F)cc2Br)cc1. The van der Waals surface area contributed by atoms with Crippen LogP contribution in [0.5, 0.6) is 0 Å². The maximum Gasteiger partial charge on any atom is 0.419 e. The van der Waals surface area contributed by atoms with Crippen LogP contribution in [0.3, 0.4) is 0 Å². The molecule has 0 atom stereocenters. The van der Waals surface area contributed by atoms with E-state index in [0.29, 0.717) is 12.1 Å². The van der Waals surface area contributed by atoms with E-state index in [2.05, 4.69) is 15.9 Å². The molecule has 124 valence electrons. The quantitative estimate of drug-likeness (QED) is 0.742. The summed E-state index contributed by atoms with van der Waals surface area (Å²) in [7, 11) is -4.10. The van der Waals surface area contributed by atoms with Crippen molar-refractivity contribution < 1.29 is 26.0 Å². The fourth-order valence-corrected chi connectivity index (χ4v) is 3.38. The zero-order valence-corrected chi connectivity index (χ0v) is 14.0. The summed E-state index contributed by atoms with van der Waals surface area (Å²) in [6.45, 7) is 1.76. The molecule has 2 aromatic carbocycles. The molecule has 0 aliphatic heterocycles. The van der Waals surface area contributed by atoms with Crippen molar-refractivity contribution >= 4 is 31.6 Å². The summed E-state index contributed by atoms with van der Waals surface area (Å²) in [5, 5.41) is 0. The van der Waals surface area contributed by atoms with Gasteiger partial charge in [0.25, 0.3) is 10.0 Å². The van der Waals surface area contributed by atoms with Crippen molar-refractivity contribution in [1.82, 2.24) is 0 Å². The Kier molecular flexibility index (Phi) is 4.72. The van der Waals surface area contributed by atoms with Gasteiger partial charge in [0.05, 0.1) is 16.1 Å². The molecule has 0 unspecified atom stereocenters. The molecule has 23 heavy (non-hydrogen) atoms. The van der Waals surface area contributed by atoms with E-state index in [0.717, 1.165) is 5.56 Å². The van der Waals surface area contributed by atoms with Gasteiger partial charge in [-0.25, -0.2) is 12.8 Å². The fraction of sp³-hybridized carbons (Fsp3) is 0.143. The smallest absolute Gasteiger partial charge is 0.278 e. The average molecular weight is 412 g/mol. The highest BCUT2D eigenvalue weighted by atomic mass is 79.9. The number of hydrogen-bond donors (Lipinski definition) is 1. The minimum absolute atomic E-state index is 0.118. The molecule has 0 amide bonds. The lowest BCUT2D eigenvalue weighted by molar-refractivity contribution is -0.139. The maximum absolute atomic E-state index is 13.4. The summed E-state index contributed by atoms with van der Waals surface area (Å²) in [4.78, 5) is -0.118. The Hall–Kier alpha value is -1.61. The Morgan fingerprint density at radius 3 is 2.17 bits per heavy atom. The van der Waals surface area contributed by atoms with Crippen molar-refractivity contribution in [3.63, 3.8) is 0 Å². The third kappa shape index (κ3) is 4.03. The van der Waals surface area contributed by atoms with Crippen molar-refractivity contribution in [2.24, 2.45) is 0 Å². The van der Waals surface area contributed by atoms with Crippen LogP contribution in [0.4, 0.5) is 23.2 Å². The van der Waals surface area contributed by atoms with Gasteiger partial charge in [-0.15, -0.1) is 0 Å². The van der Waals surface area contributed by atoms with E-state index in [1.807, 2.05) is 4.72 Å². The van der Waals surface area contributed by atoms with Crippen LogP contribution in [0.2, 0.25) is 0 Å². The summed E-state index contributed by atoms with van der Waals surface area (Å²) in [5.41, 5.74) is -1.13. The normalized spacial score (nSPS) is 12.3. The van der Waals surface area contributed by atoms with Gasteiger partial charge in [0, 0.05) is 4.47 Å². The summed E-state index contributed by atoms with van der Waals surface area (Å²) in [6.07, 6.45) is -4.94. The molecule has 0 bridgehead atoms. The van der Waals surface area contributed by atoms with Crippen molar-refractivity contribution in [1.29, 1.82) is 0 Å². The molecular weight excluding hydrogens is 402 g/mol. The van der Waals surface area contributed by atoms with Crippen LogP contribution in [0.15, 0.2) is 45.8 Å². The Morgan fingerprint density at radius 1 is 1.09 bits per heavy atom. The van der Waals surface area contributed by atoms with Crippen molar-refractivity contribution in [3.8, 4) is 0 Å². The van der Waals surface area contributed by atoms with Crippen molar-refractivity contribution in [3.05, 3.63) is 57.8 Å². The molecule has 2 rings (SSSR count). The minimum Gasteiger partial charge on any atom is -0.278 e. The van der Waals surface area contributed by atoms with Crippen LogP contribution < -0.4 is 4.72 Å². The number of nitrogens with one attached hydrogen (secondary N) is 1. The van der Waals surface area contributed by atoms with Gasteiger partial charge >= 0.3 is 6.18 Å². The molecule has 2 aromatic rings. The fourth-order valence-electron chi connectivity index (χ4n) is 1.77. The summed E-state index contributed by atoms with van der Waals surface area (Å²) < 4.78 is 77.9. The van der Waals surface area contributed by atoms with Crippen LogP contribution >= 0.6 is 15.9 Å². The maximum atomic E-state index is 13.4. The van der Waals surface area contributed by atoms with Gasteiger partial charge in [-0.2, -0.15) is 13.2 Å². The number of halogens is 5. The number of hydrogen-bond acceptors (Lipinski definition) is 2. The second-order valence-corrected chi connectivity index (χ2v) is 7.26. The molecule has 0 saturated carbocycles. The molecule has 0 fully saturated rings. The Labute approximate surface area is 138 Å². The van der Waals surface area contributed by atoms with Gasteiger partial charge < -0.3 is 0 Å². The standard InChI is InChI=1S/C14H10BrF4NO2S/c1-8-2-4-9(5-3-8)23(21,22)20-13-6-10(14(17,18)19)12(16)7-11(13)15/h2-7,20H,1H3. The number of sulfonamides is 1. The molecule has 0 heterocycles.